The summed E-state index contributed by atoms with van der Waals surface area (Å²) < 4.78 is 0. The van der Waals surface area contributed by atoms with Crippen molar-refractivity contribution >= 4 is 8.38 Å². The molecule has 11 heavy (non-hydrogen) atoms. The number of rotatable bonds is 2. The van der Waals surface area contributed by atoms with Gasteiger partial charge in [0.1, 0.15) is 0 Å². The van der Waals surface area contributed by atoms with Crippen LogP contribution in [0.25, 0.3) is 0 Å². The Morgan fingerprint density at radius 1 is 1.36 bits per heavy atom. The highest BCUT2D eigenvalue weighted by Crippen LogP contribution is 2.40. The SMILES string of the molecule is OC(c1ccccn1)P(O)O. The highest BCUT2D eigenvalue weighted by Gasteiger charge is 2.16. The Morgan fingerprint density at radius 2 is 2.09 bits per heavy atom. The molecule has 0 aliphatic heterocycles. The zero-order valence-corrected chi connectivity index (χ0v) is 6.52. The second-order valence-corrected chi connectivity index (χ2v) is 3.08. The molecule has 60 valence electrons. The van der Waals surface area contributed by atoms with E-state index in [0.717, 1.165) is 0 Å². The topological polar surface area (TPSA) is 73.6 Å². The third kappa shape index (κ3) is 2.20. The maximum absolute atomic E-state index is 9.06. The van der Waals surface area contributed by atoms with Gasteiger partial charge in [0.15, 0.2) is 5.85 Å². The minimum atomic E-state index is -2.34. The number of aliphatic hydroxyl groups excluding tert-OH is 1. The fraction of sp³-hybridized carbons (Fsp3) is 0.167. The summed E-state index contributed by atoms with van der Waals surface area (Å²) in [7, 11) is -2.34. The van der Waals surface area contributed by atoms with Crippen LogP contribution < -0.4 is 0 Å². The highest BCUT2D eigenvalue weighted by atomic mass is 31.2. The van der Waals surface area contributed by atoms with Crippen molar-refractivity contribution in [2.45, 2.75) is 5.85 Å². The molecule has 1 rings (SSSR count). The fourth-order valence-corrected chi connectivity index (χ4v) is 1.04. The maximum atomic E-state index is 9.06. The minimum Gasteiger partial charge on any atom is -0.377 e. The van der Waals surface area contributed by atoms with Crippen LogP contribution in [-0.4, -0.2) is 19.9 Å². The number of nitrogens with zero attached hydrogens (tertiary/aromatic N) is 1. The Bertz CT molecular complexity index is 216. The molecule has 0 aliphatic carbocycles. The third-order valence-electron chi connectivity index (χ3n) is 1.17. The molecule has 1 aromatic rings. The summed E-state index contributed by atoms with van der Waals surface area (Å²) >= 11 is 0. The van der Waals surface area contributed by atoms with Gasteiger partial charge in [0.25, 0.3) is 0 Å². The predicted octanol–water partition coefficient (Wildman–Crippen LogP) is 0.369. The van der Waals surface area contributed by atoms with Gasteiger partial charge < -0.3 is 14.9 Å². The van der Waals surface area contributed by atoms with Crippen LogP contribution in [0.2, 0.25) is 0 Å². The van der Waals surface area contributed by atoms with E-state index in [9.17, 15) is 0 Å². The van der Waals surface area contributed by atoms with Crippen LogP contribution in [0.1, 0.15) is 11.5 Å². The van der Waals surface area contributed by atoms with Crippen molar-refractivity contribution in [3.8, 4) is 0 Å². The highest BCUT2D eigenvalue weighted by molar-refractivity contribution is 7.45. The molecule has 0 radical (unpaired) electrons. The molecule has 0 fully saturated rings. The molecule has 0 aliphatic rings. The van der Waals surface area contributed by atoms with E-state index >= 15 is 0 Å². The number of aliphatic hydroxyl groups is 1. The van der Waals surface area contributed by atoms with Gasteiger partial charge in [-0.1, -0.05) is 6.07 Å². The van der Waals surface area contributed by atoms with Crippen molar-refractivity contribution in [3.63, 3.8) is 0 Å². The van der Waals surface area contributed by atoms with Gasteiger partial charge in [-0.15, -0.1) is 0 Å². The number of aromatic nitrogens is 1. The molecule has 0 bridgehead atoms. The summed E-state index contributed by atoms with van der Waals surface area (Å²) in [6, 6.07) is 4.89. The lowest BCUT2D eigenvalue weighted by Gasteiger charge is -2.09. The Hall–Kier alpha value is -0.540. The van der Waals surface area contributed by atoms with Gasteiger partial charge >= 0.3 is 0 Å². The van der Waals surface area contributed by atoms with E-state index in [0.29, 0.717) is 0 Å². The molecule has 5 heteroatoms. The van der Waals surface area contributed by atoms with Crippen LogP contribution >= 0.6 is 8.38 Å². The average Bonchev–Trinajstić information content (AvgIpc) is 2.05. The van der Waals surface area contributed by atoms with Crippen LogP contribution in [0.5, 0.6) is 0 Å². The molecule has 0 aromatic carbocycles. The molecule has 0 saturated heterocycles. The quantitative estimate of drug-likeness (QED) is 0.565. The smallest absolute Gasteiger partial charge is 0.202 e. The largest absolute Gasteiger partial charge is 0.377 e. The van der Waals surface area contributed by atoms with Gasteiger partial charge in [-0.25, -0.2) is 0 Å². The Labute approximate surface area is 65.1 Å². The lowest BCUT2D eigenvalue weighted by Crippen LogP contribution is -1.96. The standard InChI is InChI=1S/C6H8NO3P/c8-6(11(9)10)5-3-1-2-4-7-5/h1-4,6,8-10H. The summed E-state index contributed by atoms with van der Waals surface area (Å²) in [6.45, 7) is 0. The number of hydrogen-bond acceptors (Lipinski definition) is 4. The predicted molar refractivity (Wildman–Crippen MR) is 40.6 cm³/mol. The van der Waals surface area contributed by atoms with Gasteiger partial charge in [-0.3, -0.25) is 4.98 Å². The van der Waals surface area contributed by atoms with Gasteiger partial charge in [-0.2, -0.15) is 0 Å². The van der Waals surface area contributed by atoms with E-state index in [1.807, 2.05) is 0 Å². The number of pyridine rings is 1. The summed E-state index contributed by atoms with van der Waals surface area (Å²) in [5, 5.41) is 9.06. The van der Waals surface area contributed by atoms with Crippen LogP contribution in [0.4, 0.5) is 0 Å². The van der Waals surface area contributed by atoms with Crippen molar-refractivity contribution in [1.82, 2.24) is 4.98 Å². The average molecular weight is 173 g/mol. The summed E-state index contributed by atoms with van der Waals surface area (Å²) in [4.78, 5) is 21.0. The van der Waals surface area contributed by atoms with Crippen LogP contribution in [-0.2, 0) is 0 Å². The molecule has 0 spiro atoms. The first-order valence-electron chi connectivity index (χ1n) is 2.98. The van der Waals surface area contributed by atoms with Crippen LogP contribution in [0, 0.1) is 0 Å². The van der Waals surface area contributed by atoms with E-state index in [4.69, 9.17) is 14.9 Å². The maximum Gasteiger partial charge on any atom is 0.202 e. The number of hydrogen-bond donors (Lipinski definition) is 3. The second-order valence-electron chi connectivity index (χ2n) is 1.95. The molecule has 1 atom stereocenters. The first-order chi connectivity index (χ1) is 5.22. The fourth-order valence-electron chi connectivity index (χ4n) is 0.647. The molecular formula is C6H8NO3P. The van der Waals surface area contributed by atoms with Gasteiger partial charge in [0.2, 0.25) is 8.38 Å². The van der Waals surface area contributed by atoms with E-state index in [1.165, 1.54) is 12.3 Å². The first-order valence-corrected chi connectivity index (χ1v) is 4.29. The normalized spacial score (nSPS) is 13.5. The lowest BCUT2D eigenvalue weighted by atomic mass is 10.4. The second kappa shape index (κ2) is 3.74. The van der Waals surface area contributed by atoms with E-state index in [2.05, 4.69) is 4.98 Å². The Kier molecular flexibility index (Phi) is 2.91. The molecule has 4 nitrogen and oxygen atoms in total. The van der Waals surface area contributed by atoms with Crippen molar-refractivity contribution in [3.05, 3.63) is 30.1 Å². The van der Waals surface area contributed by atoms with Crippen molar-refractivity contribution in [2.75, 3.05) is 0 Å². The van der Waals surface area contributed by atoms with E-state index in [-0.39, 0.29) is 5.69 Å². The van der Waals surface area contributed by atoms with Crippen molar-refractivity contribution < 1.29 is 14.9 Å². The molecule has 0 amide bonds. The van der Waals surface area contributed by atoms with E-state index in [1.54, 1.807) is 12.1 Å². The summed E-state index contributed by atoms with van der Waals surface area (Å²) in [6.07, 6.45) is 1.48. The van der Waals surface area contributed by atoms with Crippen LogP contribution in [0.15, 0.2) is 24.4 Å². The van der Waals surface area contributed by atoms with Crippen LogP contribution in [0.3, 0.4) is 0 Å². The molecule has 1 heterocycles. The summed E-state index contributed by atoms with van der Waals surface area (Å²) in [5.41, 5.74) is 0.281. The molecule has 0 saturated carbocycles. The zero-order chi connectivity index (χ0) is 8.27. The lowest BCUT2D eigenvalue weighted by molar-refractivity contribution is 0.228. The van der Waals surface area contributed by atoms with E-state index < -0.39 is 14.2 Å². The van der Waals surface area contributed by atoms with Crippen molar-refractivity contribution in [1.29, 1.82) is 0 Å². The Morgan fingerprint density at radius 3 is 2.55 bits per heavy atom. The third-order valence-corrected chi connectivity index (χ3v) is 1.87. The van der Waals surface area contributed by atoms with Crippen molar-refractivity contribution in [2.24, 2.45) is 0 Å². The van der Waals surface area contributed by atoms with Gasteiger partial charge in [-0.05, 0) is 12.1 Å². The molecule has 1 unspecified atom stereocenters. The minimum absolute atomic E-state index is 0.281. The van der Waals surface area contributed by atoms with Gasteiger partial charge in [0.05, 0.1) is 5.69 Å². The van der Waals surface area contributed by atoms with Gasteiger partial charge in [0, 0.05) is 6.20 Å². The molecule has 1 aromatic heterocycles. The summed E-state index contributed by atoms with van der Waals surface area (Å²) in [5.74, 6) is -1.26. The zero-order valence-electron chi connectivity index (χ0n) is 5.62. The Balaban J connectivity index is 2.77. The first kappa shape index (κ1) is 8.56. The molecular weight excluding hydrogens is 165 g/mol. The molecule has 3 N–H and O–H groups in total. The monoisotopic (exact) mass is 173 g/mol.